The summed E-state index contributed by atoms with van der Waals surface area (Å²) in [5.41, 5.74) is 1.98. The highest BCUT2D eigenvalue weighted by Gasteiger charge is 2.27. The minimum Gasteiger partial charge on any atom is -0.459 e. The number of aryl methyl sites for hydroxylation is 1. The molecule has 1 unspecified atom stereocenters. The zero-order chi connectivity index (χ0) is 17.9. The van der Waals surface area contributed by atoms with Gasteiger partial charge in [-0.1, -0.05) is 18.2 Å². The minimum atomic E-state index is -2.85. The quantitative estimate of drug-likeness (QED) is 0.382. The first-order valence-corrected chi connectivity index (χ1v) is 10.5. The lowest BCUT2D eigenvalue weighted by atomic mass is 10.1. The molecule has 144 valence electrons. The molecular weight excluding hydrogens is 465 g/mol. The van der Waals surface area contributed by atoms with E-state index in [-0.39, 0.29) is 35.6 Å². The van der Waals surface area contributed by atoms with Crippen molar-refractivity contribution in [2.45, 2.75) is 26.8 Å². The molecule has 1 aromatic heterocycles. The van der Waals surface area contributed by atoms with E-state index in [1.807, 2.05) is 38.1 Å². The van der Waals surface area contributed by atoms with Gasteiger partial charge in [-0.3, -0.25) is 0 Å². The van der Waals surface area contributed by atoms with Crippen molar-refractivity contribution in [1.29, 1.82) is 0 Å². The first kappa shape index (κ1) is 21.0. The Bertz CT molecular complexity index is 877. The summed E-state index contributed by atoms with van der Waals surface area (Å²) in [6, 6.07) is 7.96. The summed E-state index contributed by atoms with van der Waals surface area (Å²) in [6.45, 7) is 5.85. The Kier molecular flexibility index (Phi) is 7.33. The number of furan rings is 1. The van der Waals surface area contributed by atoms with Crippen molar-refractivity contribution in [3.63, 3.8) is 0 Å². The van der Waals surface area contributed by atoms with Gasteiger partial charge in [0.05, 0.1) is 11.5 Å². The monoisotopic (exact) mass is 491 g/mol. The van der Waals surface area contributed by atoms with Crippen LogP contribution >= 0.6 is 24.0 Å². The van der Waals surface area contributed by atoms with Crippen LogP contribution in [-0.2, 0) is 16.4 Å². The van der Waals surface area contributed by atoms with Gasteiger partial charge in [-0.05, 0) is 32.3 Å². The van der Waals surface area contributed by atoms with Gasteiger partial charge in [0.15, 0.2) is 15.8 Å². The highest BCUT2D eigenvalue weighted by Crippen LogP contribution is 2.25. The van der Waals surface area contributed by atoms with Crippen LogP contribution in [0.4, 0.5) is 0 Å². The van der Waals surface area contributed by atoms with E-state index in [0.29, 0.717) is 24.8 Å². The predicted molar refractivity (Wildman–Crippen MR) is 116 cm³/mol. The molecule has 26 heavy (non-hydrogen) atoms. The normalized spacial score (nSPS) is 19.3. The number of para-hydroxylation sites is 1. The van der Waals surface area contributed by atoms with E-state index in [0.717, 1.165) is 35.3 Å². The van der Waals surface area contributed by atoms with E-state index in [1.165, 1.54) is 0 Å². The maximum atomic E-state index is 11.6. The number of aliphatic imine (C=N–C) groups is 1. The number of sulfone groups is 1. The number of benzene rings is 1. The lowest BCUT2D eigenvalue weighted by molar-refractivity contribution is 0.544. The largest absolute Gasteiger partial charge is 0.459 e. The number of nitrogens with zero attached hydrogens (tertiary/aromatic N) is 1. The summed E-state index contributed by atoms with van der Waals surface area (Å²) >= 11 is 0. The van der Waals surface area contributed by atoms with Crippen LogP contribution in [0.2, 0.25) is 0 Å². The number of nitrogens with one attached hydrogen (secondary N) is 2. The predicted octanol–water partition coefficient (Wildman–Crippen LogP) is 2.85. The molecule has 1 atom stereocenters. The molecule has 0 spiro atoms. The van der Waals surface area contributed by atoms with Crippen LogP contribution in [0.25, 0.3) is 11.0 Å². The van der Waals surface area contributed by atoms with E-state index >= 15 is 0 Å². The Hall–Kier alpha value is -1.29. The van der Waals surface area contributed by atoms with E-state index < -0.39 is 9.84 Å². The lowest BCUT2D eigenvalue weighted by Crippen LogP contribution is -2.40. The average molecular weight is 491 g/mol. The summed E-state index contributed by atoms with van der Waals surface area (Å²) < 4.78 is 29.0. The molecule has 8 heteroatoms. The zero-order valence-electron chi connectivity index (χ0n) is 15.1. The van der Waals surface area contributed by atoms with Crippen molar-refractivity contribution in [2.24, 2.45) is 10.9 Å². The van der Waals surface area contributed by atoms with Crippen LogP contribution in [0.15, 0.2) is 33.7 Å². The number of fused-ring (bicyclic) bond motifs is 1. The third-order valence-corrected chi connectivity index (χ3v) is 6.39. The molecule has 1 aromatic carbocycles. The lowest BCUT2D eigenvalue weighted by Gasteiger charge is -2.14. The van der Waals surface area contributed by atoms with Crippen molar-refractivity contribution in [3.05, 3.63) is 35.6 Å². The van der Waals surface area contributed by atoms with Crippen LogP contribution in [0, 0.1) is 12.8 Å². The molecule has 1 aliphatic rings. The highest BCUT2D eigenvalue weighted by molar-refractivity contribution is 14.0. The Morgan fingerprint density at radius 1 is 1.31 bits per heavy atom. The topological polar surface area (TPSA) is 83.7 Å². The Morgan fingerprint density at radius 3 is 2.73 bits per heavy atom. The maximum absolute atomic E-state index is 11.6. The first-order valence-electron chi connectivity index (χ1n) is 8.68. The van der Waals surface area contributed by atoms with Crippen molar-refractivity contribution < 1.29 is 12.8 Å². The molecule has 0 amide bonds. The second kappa shape index (κ2) is 9.07. The summed E-state index contributed by atoms with van der Waals surface area (Å²) in [5, 5.41) is 7.57. The van der Waals surface area contributed by atoms with Gasteiger partial charge >= 0.3 is 0 Å². The van der Waals surface area contributed by atoms with Gasteiger partial charge < -0.3 is 15.1 Å². The summed E-state index contributed by atoms with van der Waals surface area (Å²) in [5.74, 6) is 2.25. The number of rotatable bonds is 5. The number of hydrogen-bond acceptors (Lipinski definition) is 4. The molecule has 2 heterocycles. The summed E-state index contributed by atoms with van der Waals surface area (Å²) in [4.78, 5) is 4.59. The summed E-state index contributed by atoms with van der Waals surface area (Å²) in [7, 11) is -2.85. The molecule has 3 rings (SSSR count). The number of hydrogen-bond donors (Lipinski definition) is 2. The molecular formula is C18H26IN3O3S. The summed E-state index contributed by atoms with van der Waals surface area (Å²) in [6.07, 6.45) is 0.720. The smallest absolute Gasteiger partial charge is 0.191 e. The second-order valence-electron chi connectivity index (χ2n) is 6.49. The van der Waals surface area contributed by atoms with Crippen molar-refractivity contribution in [1.82, 2.24) is 10.6 Å². The molecule has 1 saturated heterocycles. The fourth-order valence-corrected chi connectivity index (χ4v) is 5.00. The van der Waals surface area contributed by atoms with E-state index in [2.05, 4.69) is 15.6 Å². The van der Waals surface area contributed by atoms with Crippen molar-refractivity contribution in [3.8, 4) is 0 Å². The van der Waals surface area contributed by atoms with Gasteiger partial charge in [-0.15, -0.1) is 24.0 Å². The van der Waals surface area contributed by atoms with Gasteiger partial charge in [-0.25, -0.2) is 13.4 Å². The minimum absolute atomic E-state index is 0. The van der Waals surface area contributed by atoms with Gasteiger partial charge in [0, 0.05) is 24.0 Å². The van der Waals surface area contributed by atoms with Gasteiger partial charge in [0.2, 0.25) is 0 Å². The van der Waals surface area contributed by atoms with Gasteiger partial charge in [-0.2, -0.15) is 0 Å². The molecule has 1 fully saturated rings. The van der Waals surface area contributed by atoms with Gasteiger partial charge in [0.25, 0.3) is 0 Å². The average Bonchev–Trinajstić information content (AvgIpc) is 3.10. The maximum Gasteiger partial charge on any atom is 0.191 e. The Morgan fingerprint density at radius 2 is 2.08 bits per heavy atom. The van der Waals surface area contributed by atoms with Crippen LogP contribution in [-0.4, -0.2) is 39.0 Å². The molecule has 0 radical (unpaired) electrons. The van der Waals surface area contributed by atoms with Crippen LogP contribution in [0.1, 0.15) is 24.7 Å². The standard InChI is InChI=1S/C18H25N3O3S.HI/c1-3-19-18(20-10-14-8-9-25(22,23)12-14)21-11-17-13(2)15-6-4-5-7-16(15)24-17;/h4-7,14H,3,8-12H2,1-2H3,(H2,19,20,21);1H. The number of guanidine groups is 1. The van der Waals surface area contributed by atoms with Crippen LogP contribution in [0.5, 0.6) is 0 Å². The third kappa shape index (κ3) is 5.12. The Labute approximate surface area is 171 Å². The molecule has 2 aromatic rings. The fraction of sp³-hybridized carbons (Fsp3) is 0.500. The fourth-order valence-electron chi connectivity index (χ4n) is 3.14. The van der Waals surface area contributed by atoms with Crippen LogP contribution in [0.3, 0.4) is 0 Å². The van der Waals surface area contributed by atoms with E-state index in [9.17, 15) is 8.42 Å². The Balaban J connectivity index is 0.00000243. The van der Waals surface area contributed by atoms with Gasteiger partial charge in [0.1, 0.15) is 17.9 Å². The molecule has 1 aliphatic heterocycles. The molecule has 0 bridgehead atoms. The van der Waals surface area contributed by atoms with Crippen LogP contribution < -0.4 is 10.6 Å². The molecule has 6 nitrogen and oxygen atoms in total. The first-order chi connectivity index (χ1) is 12.0. The molecule has 0 saturated carbocycles. The van der Waals surface area contributed by atoms with Crippen molar-refractivity contribution in [2.75, 3.05) is 24.6 Å². The molecule has 2 N–H and O–H groups in total. The van der Waals surface area contributed by atoms with Crippen molar-refractivity contribution >= 4 is 50.7 Å². The third-order valence-electron chi connectivity index (χ3n) is 4.55. The highest BCUT2D eigenvalue weighted by atomic mass is 127. The number of halogens is 1. The SMILES string of the molecule is CCNC(=NCc1oc2ccccc2c1C)NCC1CCS(=O)(=O)C1.I. The second-order valence-corrected chi connectivity index (χ2v) is 8.72. The zero-order valence-corrected chi connectivity index (χ0v) is 18.3. The van der Waals surface area contributed by atoms with E-state index in [4.69, 9.17) is 4.42 Å². The van der Waals surface area contributed by atoms with E-state index in [1.54, 1.807) is 0 Å². The molecule has 0 aliphatic carbocycles.